The van der Waals surface area contributed by atoms with Crippen LogP contribution in [0.1, 0.15) is 21.9 Å². The molecule has 0 bridgehead atoms. The fourth-order valence-electron chi connectivity index (χ4n) is 2.76. The quantitative estimate of drug-likeness (QED) is 0.401. The number of anilines is 1. The van der Waals surface area contributed by atoms with Crippen LogP contribution >= 0.6 is 23.2 Å². The van der Waals surface area contributed by atoms with Crippen LogP contribution in [0.5, 0.6) is 5.75 Å². The highest BCUT2D eigenvalue weighted by Gasteiger charge is 2.13. The lowest BCUT2D eigenvalue weighted by Crippen LogP contribution is -2.12. The van der Waals surface area contributed by atoms with Crippen molar-refractivity contribution in [3.63, 3.8) is 0 Å². The first kappa shape index (κ1) is 20.1. The molecule has 4 aromatic rings. The fourth-order valence-corrected chi connectivity index (χ4v) is 3.08. The summed E-state index contributed by atoms with van der Waals surface area (Å²) in [5.74, 6) is 1.38. The maximum absolute atomic E-state index is 12.4. The lowest BCUT2D eigenvalue weighted by atomic mass is 10.2. The minimum absolute atomic E-state index is 0.172. The van der Waals surface area contributed by atoms with Gasteiger partial charge in [-0.3, -0.25) is 9.48 Å². The highest BCUT2D eigenvalue weighted by atomic mass is 35.5. The summed E-state index contributed by atoms with van der Waals surface area (Å²) in [7, 11) is 0. The summed E-state index contributed by atoms with van der Waals surface area (Å²) in [6, 6.07) is 19.5. The predicted molar refractivity (Wildman–Crippen MR) is 115 cm³/mol. The molecule has 0 aliphatic rings. The summed E-state index contributed by atoms with van der Waals surface area (Å²) in [5.41, 5.74) is 0.941. The van der Waals surface area contributed by atoms with Crippen molar-refractivity contribution in [1.82, 2.24) is 9.78 Å². The Morgan fingerprint density at radius 3 is 2.63 bits per heavy atom. The lowest BCUT2D eigenvalue weighted by Gasteiger charge is -2.04. The normalized spacial score (nSPS) is 10.7. The number of hydrogen-bond donors (Lipinski definition) is 1. The van der Waals surface area contributed by atoms with Gasteiger partial charge in [-0.1, -0.05) is 41.4 Å². The van der Waals surface area contributed by atoms with E-state index in [1.165, 1.54) is 0 Å². The molecule has 8 heteroatoms. The van der Waals surface area contributed by atoms with Crippen LogP contribution in [-0.4, -0.2) is 15.7 Å². The van der Waals surface area contributed by atoms with Crippen molar-refractivity contribution >= 4 is 34.9 Å². The summed E-state index contributed by atoms with van der Waals surface area (Å²) in [6.07, 6.45) is 1.77. The predicted octanol–water partition coefficient (Wildman–Crippen LogP) is 5.66. The van der Waals surface area contributed by atoms with Crippen LogP contribution in [0.4, 0.5) is 5.82 Å². The number of amides is 1. The summed E-state index contributed by atoms with van der Waals surface area (Å²) >= 11 is 12.0. The highest BCUT2D eigenvalue weighted by molar-refractivity contribution is 6.31. The van der Waals surface area contributed by atoms with Crippen LogP contribution in [0.3, 0.4) is 0 Å². The van der Waals surface area contributed by atoms with Crippen molar-refractivity contribution in [2.75, 3.05) is 5.32 Å². The molecule has 0 saturated carbocycles. The summed E-state index contributed by atoms with van der Waals surface area (Å²) in [5, 5.41) is 8.37. The van der Waals surface area contributed by atoms with E-state index in [0.717, 1.165) is 5.56 Å². The van der Waals surface area contributed by atoms with Gasteiger partial charge in [0.15, 0.2) is 11.6 Å². The van der Waals surface area contributed by atoms with Gasteiger partial charge in [0.25, 0.3) is 5.91 Å². The number of nitrogens with zero attached hydrogens (tertiary/aromatic N) is 2. The molecule has 1 amide bonds. The van der Waals surface area contributed by atoms with Crippen molar-refractivity contribution < 1.29 is 13.9 Å². The molecule has 152 valence electrons. The number of ether oxygens (including phenoxy) is 1. The van der Waals surface area contributed by atoms with E-state index in [9.17, 15) is 4.79 Å². The number of hydrogen-bond acceptors (Lipinski definition) is 4. The Labute approximate surface area is 183 Å². The number of carbonyl (C=O) groups is 1. The molecule has 30 heavy (non-hydrogen) atoms. The Bertz CT molecular complexity index is 1150. The summed E-state index contributed by atoms with van der Waals surface area (Å²) in [4.78, 5) is 12.4. The Morgan fingerprint density at radius 2 is 1.83 bits per heavy atom. The van der Waals surface area contributed by atoms with Crippen LogP contribution in [-0.2, 0) is 13.2 Å². The van der Waals surface area contributed by atoms with Gasteiger partial charge < -0.3 is 14.5 Å². The molecular formula is C22H17Cl2N3O3. The van der Waals surface area contributed by atoms with E-state index in [2.05, 4.69) is 10.4 Å². The van der Waals surface area contributed by atoms with E-state index in [1.807, 2.05) is 24.3 Å². The number of nitrogens with one attached hydrogen (secondary N) is 1. The van der Waals surface area contributed by atoms with Crippen molar-refractivity contribution in [2.24, 2.45) is 0 Å². The minimum atomic E-state index is -0.393. The molecule has 1 N–H and O–H groups in total. The van der Waals surface area contributed by atoms with Crippen molar-refractivity contribution in [3.8, 4) is 5.75 Å². The standard InChI is InChI=1S/C22H17Cl2N3O3/c23-16-5-7-17(8-6-16)29-14-18-9-10-20(30-18)22(28)25-21-11-12-27(26-21)13-15-3-1-2-4-19(15)24/h1-12H,13-14H2,(H,25,26,28). The molecule has 0 aliphatic heterocycles. The molecule has 4 rings (SSSR count). The van der Waals surface area contributed by atoms with Crippen molar-refractivity contribution in [2.45, 2.75) is 13.2 Å². The van der Waals surface area contributed by atoms with Crippen LogP contribution in [0.2, 0.25) is 10.0 Å². The molecular weight excluding hydrogens is 425 g/mol. The largest absolute Gasteiger partial charge is 0.486 e. The molecule has 0 atom stereocenters. The number of aromatic nitrogens is 2. The number of halogens is 2. The first-order valence-electron chi connectivity index (χ1n) is 9.12. The molecule has 2 aromatic carbocycles. The highest BCUT2D eigenvalue weighted by Crippen LogP contribution is 2.19. The zero-order valence-electron chi connectivity index (χ0n) is 15.7. The van der Waals surface area contributed by atoms with E-state index >= 15 is 0 Å². The number of rotatable bonds is 7. The Kier molecular flexibility index (Phi) is 6.07. The number of furan rings is 1. The first-order chi connectivity index (χ1) is 14.6. The van der Waals surface area contributed by atoms with Crippen LogP contribution < -0.4 is 10.1 Å². The van der Waals surface area contributed by atoms with Gasteiger partial charge in [0.05, 0.1) is 6.54 Å². The summed E-state index contributed by atoms with van der Waals surface area (Å²) in [6.45, 7) is 0.698. The monoisotopic (exact) mass is 441 g/mol. The van der Waals surface area contributed by atoms with E-state index in [4.69, 9.17) is 32.4 Å². The zero-order chi connectivity index (χ0) is 20.9. The average molecular weight is 442 g/mol. The maximum atomic E-state index is 12.4. The molecule has 0 aliphatic carbocycles. The molecule has 2 heterocycles. The van der Waals surface area contributed by atoms with Gasteiger partial charge in [-0.25, -0.2) is 0 Å². The molecule has 0 unspecified atom stereocenters. The van der Waals surface area contributed by atoms with Crippen molar-refractivity contribution in [1.29, 1.82) is 0 Å². The third-order valence-corrected chi connectivity index (χ3v) is 4.87. The number of benzene rings is 2. The van der Waals surface area contributed by atoms with E-state index < -0.39 is 5.91 Å². The molecule has 0 spiro atoms. The third kappa shape index (κ3) is 5.03. The minimum Gasteiger partial charge on any atom is -0.486 e. The molecule has 0 fully saturated rings. The Morgan fingerprint density at radius 1 is 1.03 bits per heavy atom. The lowest BCUT2D eigenvalue weighted by molar-refractivity contribution is 0.0992. The average Bonchev–Trinajstić information content (AvgIpc) is 3.39. The van der Waals surface area contributed by atoms with Crippen LogP contribution in [0.25, 0.3) is 0 Å². The van der Waals surface area contributed by atoms with Gasteiger partial charge in [0, 0.05) is 22.3 Å². The van der Waals surface area contributed by atoms with E-state index in [0.29, 0.717) is 33.9 Å². The SMILES string of the molecule is O=C(Nc1ccn(Cc2ccccc2Cl)n1)c1ccc(COc2ccc(Cl)cc2)o1. The first-order valence-corrected chi connectivity index (χ1v) is 9.88. The molecule has 0 radical (unpaired) electrons. The third-order valence-electron chi connectivity index (χ3n) is 4.25. The van der Waals surface area contributed by atoms with Gasteiger partial charge in [0.1, 0.15) is 18.1 Å². The van der Waals surface area contributed by atoms with E-state index in [1.54, 1.807) is 53.3 Å². The van der Waals surface area contributed by atoms with Gasteiger partial charge in [-0.2, -0.15) is 5.10 Å². The topological polar surface area (TPSA) is 69.3 Å². The van der Waals surface area contributed by atoms with Gasteiger partial charge in [-0.05, 0) is 48.0 Å². The maximum Gasteiger partial charge on any atom is 0.292 e. The van der Waals surface area contributed by atoms with Gasteiger partial charge >= 0.3 is 0 Å². The van der Waals surface area contributed by atoms with Crippen LogP contribution in [0, 0.1) is 0 Å². The fraction of sp³-hybridized carbons (Fsp3) is 0.0909. The Hall–Kier alpha value is -3.22. The molecule has 6 nitrogen and oxygen atoms in total. The van der Waals surface area contributed by atoms with Gasteiger partial charge in [-0.15, -0.1) is 0 Å². The van der Waals surface area contributed by atoms with Gasteiger partial charge in [0.2, 0.25) is 0 Å². The second-order valence-electron chi connectivity index (χ2n) is 6.45. The smallest absolute Gasteiger partial charge is 0.292 e. The zero-order valence-corrected chi connectivity index (χ0v) is 17.2. The van der Waals surface area contributed by atoms with Crippen molar-refractivity contribution in [3.05, 3.63) is 100 Å². The Balaban J connectivity index is 1.34. The molecule has 2 aromatic heterocycles. The van der Waals surface area contributed by atoms with E-state index in [-0.39, 0.29) is 12.4 Å². The molecule has 0 saturated heterocycles. The van der Waals surface area contributed by atoms with Crippen LogP contribution in [0.15, 0.2) is 77.3 Å². The second-order valence-corrected chi connectivity index (χ2v) is 7.30. The second kappa shape index (κ2) is 9.07. The number of carbonyl (C=O) groups excluding carboxylic acids is 1. The summed E-state index contributed by atoms with van der Waals surface area (Å²) < 4.78 is 12.9.